The Hall–Kier alpha value is -1.36. The highest BCUT2D eigenvalue weighted by Crippen LogP contribution is 2.18. The lowest BCUT2D eigenvalue weighted by atomic mass is 10.2. The van der Waals surface area contributed by atoms with Crippen LogP contribution >= 0.6 is 15.9 Å². The van der Waals surface area contributed by atoms with Crippen molar-refractivity contribution in [3.8, 4) is 0 Å². The van der Waals surface area contributed by atoms with Crippen molar-refractivity contribution in [2.45, 2.75) is 13.3 Å². The van der Waals surface area contributed by atoms with Gasteiger partial charge < -0.3 is 10.3 Å². The van der Waals surface area contributed by atoms with Crippen molar-refractivity contribution < 1.29 is 4.79 Å². The molecule has 0 radical (unpaired) electrons. The Balaban J connectivity index is 2.17. The largest absolute Gasteiger partial charge is 0.360 e. The zero-order valence-corrected chi connectivity index (χ0v) is 10.5. The van der Waals surface area contributed by atoms with Gasteiger partial charge in [-0.05, 0) is 40.0 Å². The van der Waals surface area contributed by atoms with E-state index in [4.69, 9.17) is 0 Å². The number of carbonyl (C=O) groups is 1. The summed E-state index contributed by atoms with van der Waals surface area (Å²) in [6.45, 7) is 2.15. The predicted molar refractivity (Wildman–Crippen MR) is 66.2 cm³/mol. The third-order valence-corrected chi connectivity index (χ3v) is 2.78. The molecule has 4 nitrogen and oxygen atoms in total. The summed E-state index contributed by atoms with van der Waals surface area (Å²) in [6, 6.07) is 3.88. The molecule has 2 aromatic rings. The molecule has 0 aliphatic rings. The summed E-state index contributed by atoms with van der Waals surface area (Å²) in [5.41, 5.74) is 3.09. The number of nitrogens with one attached hydrogen (secondary N) is 2. The standard InChI is InChI=1S/C11H12BrN3O/c1-7(16)13-5-4-8-6-14-9-2-3-10(12)15-11(8)9/h2-3,6,14H,4-5H2,1H3,(H,13,16). The van der Waals surface area contributed by atoms with E-state index in [1.165, 1.54) is 6.92 Å². The first-order valence-electron chi connectivity index (χ1n) is 5.04. The summed E-state index contributed by atoms with van der Waals surface area (Å²) < 4.78 is 0.820. The smallest absolute Gasteiger partial charge is 0.216 e. The van der Waals surface area contributed by atoms with Crippen LogP contribution < -0.4 is 5.32 Å². The number of hydrogen-bond donors (Lipinski definition) is 2. The molecule has 0 aliphatic carbocycles. The summed E-state index contributed by atoms with van der Waals surface area (Å²) >= 11 is 3.35. The van der Waals surface area contributed by atoms with Crippen LogP contribution in [0.4, 0.5) is 0 Å². The highest BCUT2D eigenvalue weighted by atomic mass is 79.9. The summed E-state index contributed by atoms with van der Waals surface area (Å²) in [5.74, 6) is -0.00557. The number of nitrogens with zero attached hydrogens (tertiary/aromatic N) is 1. The van der Waals surface area contributed by atoms with Crippen molar-refractivity contribution >= 4 is 32.9 Å². The van der Waals surface area contributed by atoms with Crippen molar-refractivity contribution in [1.29, 1.82) is 0 Å². The van der Waals surface area contributed by atoms with Crippen LogP contribution in [0.2, 0.25) is 0 Å². The van der Waals surface area contributed by atoms with Gasteiger partial charge in [-0.2, -0.15) is 0 Å². The zero-order valence-electron chi connectivity index (χ0n) is 8.88. The monoisotopic (exact) mass is 281 g/mol. The van der Waals surface area contributed by atoms with Crippen LogP contribution in [0, 0.1) is 0 Å². The van der Waals surface area contributed by atoms with E-state index in [1.54, 1.807) is 0 Å². The summed E-state index contributed by atoms with van der Waals surface area (Å²) in [5, 5.41) is 2.77. The van der Waals surface area contributed by atoms with Crippen LogP contribution in [-0.4, -0.2) is 22.4 Å². The first-order chi connectivity index (χ1) is 7.66. The second-order valence-corrected chi connectivity index (χ2v) is 4.39. The van der Waals surface area contributed by atoms with E-state index in [-0.39, 0.29) is 5.91 Å². The van der Waals surface area contributed by atoms with Crippen LogP contribution in [0.5, 0.6) is 0 Å². The number of halogens is 1. The Morgan fingerprint density at radius 3 is 3.12 bits per heavy atom. The number of pyridine rings is 1. The molecule has 0 unspecified atom stereocenters. The summed E-state index contributed by atoms with van der Waals surface area (Å²) in [4.78, 5) is 18.3. The van der Waals surface area contributed by atoms with Crippen molar-refractivity contribution in [2.24, 2.45) is 0 Å². The van der Waals surface area contributed by atoms with Gasteiger partial charge in [0.2, 0.25) is 5.91 Å². The van der Waals surface area contributed by atoms with Crippen LogP contribution in [0.1, 0.15) is 12.5 Å². The van der Waals surface area contributed by atoms with Crippen molar-refractivity contribution in [3.63, 3.8) is 0 Å². The molecule has 0 atom stereocenters. The lowest BCUT2D eigenvalue weighted by molar-refractivity contribution is -0.118. The molecule has 5 heteroatoms. The van der Waals surface area contributed by atoms with Crippen LogP contribution in [0.25, 0.3) is 11.0 Å². The first kappa shape index (κ1) is 11.1. The van der Waals surface area contributed by atoms with Gasteiger partial charge in [0.05, 0.1) is 11.0 Å². The number of carbonyl (C=O) groups excluding carboxylic acids is 1. The average molecular weight is 282 g/mol. The molecule has 16 heavy (non-hydrogen) atoms. The maximum Gasteiger partial charge on any atom is 0.216 e. The molecule has 0 bridgehead atoms. The topological polar surface area (TPSA) is 57.8 Å². The third kappa shape index (κ3) is 2.41. The van der Waals surface area contributed by atoms with Crippen LogP contribution in [0.3, 0.4) is 0 Å². The Morgan fingerprint density at radius 1 is 1.56 bits per heavy atom. The van der Waals surface area contributed by atoms with Gasteiger partial charge in [0, 0.05) is 19.7 Å². The van der Waals surface area contributed by atoms with E-state index in [0.717, 1.165) is 27.6 Å². The highest BCUT2D eigenvalue weighted by molar-refractivity contribution is 9.10. The Labute approximate surface area is 102 Å². The van der Waals surface area contributed by atoms with Crippen LogP contribution in [0.15, 0.2) is 22.9 Å². The van der Waals surface area contributed by atoms with E-state index in [0.29, 0.717) is 6.54 Å². The molecule has 1 amide bonds. The maximum atomic E-state index is 10.7. The minimum Gasteiger partial charge on any atom is -0.360 e. The highest BCUT2D eigenvalue weighted by Gasteiger charge is 2.05. The van der Waals surface area contributed by atoms with Gasteiger partial charge in [-0.25, -0.2) is 4.98 Å². The molecule has 0 saturated heterocycles. The lowest BCUT2D eigenvalue weighted by Crippen LogP contribution is -2.22. The Morgan fingerprint density at radius 2 is 2.38 bits per heavy atom. The Bertz CT molecular complexity index is 521. The second kappa shape index (κ2) is 4.65. The number of hydrogen-bond acceptors (Lipinski definition) is 2. The van der Waals surface area contributed by atoms with Crippen molar-refractivity contribution in [1.82, 2.24) is 15.3 Å². The quantitative estimate of drug-likeness (QED) is 0.846. The molecule has 2 N–H and O–H groups in total. The fourth-order valence-electron chi connectivity index (χ4n) is 1.59. The third-order valence-electron chi connectivity index (χ3n) is 2.34. The maximum absolute atomic E-state index is 10.7. The number of H-pyrrole nitrogens is 1. The fourth-order valence-corrected chi connectivity index (χ4v) is 1.90. The number of amides is 1. The molecule has 0 aliphatic heterocycles. The van der Waals surface area contributed by atoms with Gasteiger partial charge in [-0.3, -0.25) is 4.79 Å². The van der Waals surface area contributed by atoms with Gasteiger partial charge in [0.25, 0.3) is 0 Å². The van der Waals surface area contributed by atoms with Gasteiger partial charge in [0.1, 0.15) is 4.60 Å². The van der Waals surface area contributed by atoms with Crippen LogP contribution in [-0.2, 0) is 11.2 Å². The van der Waals surface area contributed by atoms with E-state index in [1.807, 2.05) is 18.3 Å². The average Bonchev–Trinajstić information content (AvgIpc) is 2.60. The number of aromatic amines is 1. The summed E-state index contributed by atoms with van der Waals surface area (Å²) in [6.07, 6.45) is 2.72. The van der Waals surface area contributed by atoms with Gasteiger partial charge in [0.15, 0.2) is 0 Å². The minimum absolute atomic E-state index is 0.00557. The number of aromatic nitrogens is 2. The first-order valence-corrected chi connectivity index (χ1v) is 5.83. The van der Waals surface area contributed by atoms with Crippen molar-refractivity contribution in [3.05, 3.63) is 28.5 Å². The molecule has 2 aromatic heterocycles. The van der Waals surface area contributed by atoms with Gasteiger partial charge >= 0.3 is 0 Å². The Kier molecular flexibility index (Phi) is 3.24. The lowest BCUT2D eigenvalue weighted by Gasteiger charge is -2.00. The molecule has 0 spiro atoms. The predicted octanol–water partition coefficient (Wildman–Crippen LogP) is 2.00. The van der Waals surface area contributed by atoms with E-state index in [9.17, 15) is 4.79 Å². The molecule has 2 heterocycles. The number of fused-ring (bicyclic) bond motifs is 1. The molecule has 84 valence electrons. The van der Waals surface area contributed by atoms with Gasteiger partial charge in [-0.15, -0.1) is 0 Å². The SMILES string of the molecule is CC(=O)NCCc1c[nH]c2ccc(Br)nc12. The summed E-state index contributed by atoms with van der Waals surface area (Å²) in [7, 11) is 0. The van der Waals surface area contributed by atoms with E-state index < -0.39 is 0 Å². The van der Waals surface area contributed by atoms with Crippen molar-refractivity contribution in [2.75, 3.05) is 6.54 Å². The second-order valence-electron chi connectivity index (χ2n) is 3.58. The molecule has 0 aromatic carbocycles. The zero-order chi connectivity index (χ0) is 11.5. The van der Waals surface area contributed by atoms with Gasteiger partial charge in [-0.1, -0.05) is 0 Å². The molecule has 2 rings (SSSR count). The minimum atomic E-state index is -0.00557. The van der Waals surface area contributed by atoms with E-state index >= 15 is 0 Å². The molecule has 0 saturated carbocycles. The molecular weight excluding hydrogens is 270 g/mol. The fraction of sp³-hybridized carbons (Fsp3) is 0.273. The molecule has 0 fully saturated rings. The number of rotatable bonds is 3. The molecular formula is C11H12BrN3O. The normalized spacial score (nSPS) is 10.6. The van der Waals surface area contributed by atoms with E-state index in [2.05, 4.69) is 31.2 Å².